The van der Waals surface area contributed by atoms with Crippen LogP contribution < -0.4 is 0 Å². The standard InChI is InChI=1S/C10H16N4O5/c1-3-4-5-7(13(16)17)9(15)8-6-11-10(12(8)2)14(18)19/h6-7,9,15H,3-5H2,1-2H3. The molecule has 9 nitrogen and oxygen atoms in total. The third kappa shape index (κ3) is 3.25. The number of hydrogen-bond donors (Lipinski definition) is 1. The van der Waals surface area contributed by atoms with E-state index in [1.807, 2.05) is 6.92 Å². The van der Waals surface area contributed by atoms with Crippen molar-refractivity contribution in [3.63, 3.8) is 0 Å². The molecule has 0 aliphatic rings. The van der Waals surface area contributed by atoms with Crippen molar-refractivity contribution in [3.8, 4) is 0 Å². The van der Waals surface area contributed by atoms with Gasteiger partial charge in [0.15, 0.2) is 6.10 Å². The summed E-state index contributed by atoms with van der Waals surface area (Å²) in [6, 6.07) is -1.19. The minimum Gasteiger partial charge on any atom is -0.390 e. The van der Waals surface area contributed by atoms with Crippen LogP contribution in [0.3, 0.4) is 0 Å². The zero-order valence-corrected chi connectivity index (χ0v) is 10.7. The normalized spacial score (nSPS) is 14.1. The van der Waals surface area contributed by atoms with Crippen LogP contribution in [-0.2, 0) is 7.05 Å². The molecule has 0 fully saturated rings. The number of unbranched alkanes of at least 4 members (excludes halogenated alkanes) is 1. The summed E-state index contributed by atoms with van der Waals surface area (Å²) in [7, 11) is 1.35. The van der Waals surface area contributed by atoms with Gasteiger partial charge in [0, 0.05) is 11.3 Å². The Morgan fingerprint density at radius 3 is 2.53 bits per heavy atom. The first-order chi connectivity index (χ1) is 8.90. The summed E-state index contributed by atoms with van der Waals surface area (Å²) in [6.45, 7) is 1.89. The van der Waals surface area contributed by atoms with E-state index in [0.717, 1.165) is 17.2 Å². The van der Waals surface area contributed by atoms with Gasteiger partial charge in [-0.3, -0.25) is 10.1 Å². The van der Waals surface area contributed by atoms with Crippen LogP contribution in [0.1, 0.15) is 38.0 Å². The summed E-state index contributed by atoms with van der Waals surface area (Å²) >= 11 is 0. The van der Waals surface area contributed by atoms with Crippen molar-refractivity contribution in [2.75, 3.05) is 0 Å². The van der Waals surface area contributed by atoms with E-state index in [1.54, 1.807) is 0 Å². The Hall–Kier alpha value is -2.03. The third-order valence-corrected chi connectivity index (χ3v) is 2.95. The number of rotatable bonds is 7. The fraction of sp³-hybridized carbons (Fsp3) is 0.700. The van der Waals surface area contributed by atoms with Crippen LogP contribution in [0.25, 0.3) is 0 Å². The molecule has 1 N–H and O–H groups in total. The molecule has 0 bridgehead atoms. The highest BCUT2D eigenvalue weighted by molar-refractivity contribution is 5.17. The zero-order valence-electron chi connectivity index (χ0n) is 10.7. The van der Waals surface area contributed by atoms with Gasteiger partial charge >= 0.3 is 5.95 Å². The van der Waals surface area contributed by atoms with Gasteiger partial charge in [-0.15, -0.1) is 0 Å². The SMILES string of the molecule is CCCCC(C(O)c1cnc([N+](=O)[O-])n1C)[N+](=O)[O-]. The number of aromatic nitrogens is 2. The molecule has 0 amide bonds. The molecule has 1 heterocycles. The van der Waals surface area contributed by atoms with Crippen molar-refractivity contribution in [3.05, 3.63) is 32.1 Å². The molecule has 9 heteroatoms. The lowest BCUT2D eigenvalue weighted by Crippen LogP contribution is -2.28. The molecule has 2 atom stereocenters. The van der Waals surface area contributed by atoms with Crippen molar-refractivity contribution in [1.82, 2.24) is 9.55 Å². The number of nitro groups is 2. The maximum Gasteiger partial charge on any atom is 0.434 e. The van der Waals surface area contributed by atoms with Crippen LogP contribution in [0.5, 0.6) is 0 Å². The van der Waals surface area contributed by atoms with Gasteiger partial charge in [0.1, 0.15) is 11.9 Å². The fourth-order valence-corrected chi connectivity index (χ4v) is 1.85. The molecule has 0 aliphatic heterocycles. The van der Waals surface area contributed by atoms with Gasteiger partial charge in [-0.1, -0.05) is 18.3 Å². The molecule has 0 saturated heterocycles. The summed E-state index contributed by atoms with van der Waals surface area (Å²) in [6.07, 6.45) is 1.27. The maximum absolute atomic E-state index is 11.0. The summed E-state index contributed by atoms with van der Waals surface area (Å²) in [4.78, 5) is 23.9. The molecule has 2 unspecified atom stereocenters. The fourth-order valence-electron chi connectivity index (χ4n) is 1.85. The molecule has 0 saturated carbocycles. The topological polar surface area (TPSA) is 124 Å². The Bertz CT molecular complexity index is 472. The Morgan fingerprint density at radius 1 is 1.47 bits per heavy atom. The van der Waals surface area contributed by atoms with Gasteiger partial charge in [-0.05, 0) is 11.3 Å². The van der Waals surface area contributed by atoms with Gasteiger partial charge in [0.2, 0.25) is 6.04 Å². The molecular formula is C10H16N4O5. The second-order valence-electron chi connectivity index (χ2n) is 4.24. The minimum absolute atomic E-state index is 0.0736. The van der Waals surface area contributed by atoms with E-state index >= 15 is 0 Å². The van der Waals surface area contributed by atoms with E-state index in [1.165, 1.54) is 7.05 Å². The Labute approximate surface area is 109 Å². The van der Waals surface area contributed by atoms with E-state index in [9.17, 15) is 25.3 Å². The quantitative estimate of drug-likeness (QED) is 0.587. The molecule has 0 aliphatic carbocycles. The molecule has 1 rings (SSSR count). The maximum atomic E-state index is 11.0. The number of nitrogens with zero attached hydrogens (tertiary/aromatic N) is 4. The molecule has 1 aromatic heterocycles. The number of hydrogen-bond acceptors (Lipinski definition) is 6. The van der Waals surface area contributed by atoms with Gasteiger partial charge in [-0.25, -0.2) is 4.57 Å². The summed E-state index contributed by atoms with van der Waals surface area (Å²) in [5.41, 5.74) is 0.0736. The van der Waals surface area contributed by atoms with E-state index < -0.39 is 27.9 Å². The lowest BCUT2D eigenvalue weighted by molar-refractivity contribution is -0.537. The average Bonchev–Trinajstić information content (AvgIpc) is 2.71. The zero-order chi connectivity index (χ0) is 14.6. The second kappa shape index (κ2) is 6.23. The summed E-state index contributed by atoms with van der Waals surface area (Å²) in [5, 5.41) is 31.6. The Balaban J connectivity index is 2.99. The van der Waals surface area contributed by atoms with Crippen molar-refractivity contribution < 1.29 is 15.0 Å². The first-order valence-electron chi connectivity index (χ1n) is 5.87. The van der Waals surface area contributed by atoms with E-state index in [-0.39, 0.29) is 12.1 Å². The predicted octanol–water partition coefficient (Wildman–Crippen LogP) is 1.20. The predicted molar refractivity (Wildman–Crippen MR) is 65.1 cm³/mol. The van der Waals surface area contributed by atoms with Crippen LogP contribution in [0.2, 0.25) is 0 Å². The van der Waals surface area contributed by atoms with Crippen LogP contribution in [0.15, 0.2) is 6.20 Å². The highest BCUT2D eigenvalue weighted by Gasteiger charge is 2.36. The first-order valence-corrected chi connectivity index (χ1v) is 5.87. The van der Waals surface area contributed by atoms with Crippen molar-refractivity contribution in [2.45, 2.75) is 38.3 Å². The Kier molecular flexibility index (Phi) is 4.93. The lowest BCUT2D eigenvalue weighted by atomic mass is 10.0. The van der Waals surface area contributed by atoms with Crippen LogP contribution in [-0.4, -0.2) is 30.5 Å². The van der Waals surface area contributed by atoms with Crippen molar-refractivity contribution in [1.29, 1.82) is 0 Å². The summed E-state index contributed by atoms with van der Waals surface area (Å²) < 4.78 is 1.06. The van der Waals surface area contributed by atoms with E-state index in [2.05, 4.69) is 4.98 Å². The summed E-state index contributed by atoms with van der Waals surface area (Å²) in [5.74, 6) is -0.452. The van der Waals surface area contributed by atoms with Crippen LogP contribution in [0, 0.1) is 20.2 Å². The molecule has 106 valence electrons. The average molecular weight is 272 g/mol. The van der Waals surface area contributed by atoms with E-state index in [0.29, 0.717) is 6.42 Å². The minimum atomic E-state index is -1.41. The molecule has 1 aromatic rings. The lowest BCUT2D eigenvalue weighted by Gasteiger charge is -2.14. The highest BCUT2D eigenvalue weighted by atomic mass is 16.6. The first kappa shape index (κ1) is 15.0. The van der Waals surface area contributed by atoms with Crippen molar-refractivity contribution in [2.24, 2.45) is 7.05 Å². The Morgan fingerprint density at radius 2 is 2.11 bits per heavy atom. The monoisotopic (exact) mass is 272 g/mol. The largest absolute Gasteiger partial charge is 0.434 e. The smallest absolute Gasteiger partial charge is 0.390 e. The number of imidazole rings is 1. The molecule has 0 aromatic carbocycles. The second-order valence-corrected chi connectivity index (χ2v) is 4.24. The molecule has 0 spiro atoms. The highest BCUT2D eigenvalue weighted by Crippen LogP contribution is 2.24. The number of aliphatic hydroxyl groups is 1. The third-order valence-electron chi connectivity index (χ3n) is 2.95. The van der Waals surface area contributed by atoms with E-state index in [4.69, 9.17) is 0 Å². The van der Waals surface area contributed by atoms with Crippen molar-refractivity contribution >= 4 is 5.95 Å². The van der Waals surface area contributed by atoms with Gasteiger partial charge in [0.05, 0.1) is 7.05 Å². The van der Waals surface area contributed by atoms with Crippen LogP contribution in [0.4, 0.5) is 5.95 Å². The number of aliphatic hydroxyl groups excluding tert-OH is 1. The molecule has 19 heavy (non-hydrogen) atoms. The molecular weight excluding hydrogens is 256 g/mol. The van der Waals surface area contributed by atoms with Gasteiger partial charge < -0.3 is 15.2 Å². The van der Waals surface area contributed by atoms with Gasteiger partial charge in [0.25, 0.3) is 0 Å². The molecule has 0 radical (unpaired) electrons. The van der Waals surface area contributed by atoms with Crippen LogP contribution >= 0.6 is 0 Å². The van der Waals surface area contributed by atoms with Gasteiger partial charge in [-0.2, -0.15) is 0 Å².